The van der Waals surface area contributed by atoms with Gasteiger partial charge < -0.3 is 29.4 Å². The molecule has 4 aliphatic rings. The van der Waals surface area contributed by atoms with Crippen LogP contribution < -0.4 is 5.32 Å². The molecule has 0 aromatic heterocycles. The van der Waals surface area contributed by atoms with Gasteiger partial charge in [0.2, 0.25) is 5.91 Å². The molecule has 3 heterocycles. The molecular weight excluding hydrogens is 555 g/mol. The largest absolute Gasteiger partial charge is 0.458 e. The maximum absolute atomic E-state index is 14.2. The molecule has 11 heteroatoms. The number of nitrogens with zero attached hydrogens (tertiary/aromatic N) is 3. The molecule has 0 unspecified atom stereocenters. The molecule has 238 valence electrons. The van der Waals surface area contributed by atoms with Gasteiger partial charge in [0, 0.05) is 19.5 Å². The monoisotopic (exact) mass is 602 g/mol. The van der Waals surface area contributed by atoms with Crippen molar-refractivity contribution in [2.75, 3.05) is 13.7 Å². The van der Waals surface area contributed by atoms with Crippen molar-refractivity contribution in [1.82, 2.24) is 15.1 Å². The van der Waals surface area contributed by atoms with Gasteiger partial charge in [-0.15, -0.1) is 0 Å². The van der Waals surface area contributed by atoms with Gasteiger partial charge in [0.05, 0.1) is 20.1 Å². The maximum atomic E-state index is 14.2. The molecule has 1 aliphatic carbocycles. The van der Waals surface area contributed by atoms with E-state index in [0.29, 0.717) is 13.6 Å². The Bertz CT molecular complexity index is 1190. The Kier molecular flexibility index (Phi) is 9.61. The quantitative estimate of drug-likeness (QED) is 0.479. The number of halogens is 1. The Morgan fingerprint density at radius 1 is 1.05 bits per heavy atom. The van der Waals surface area contributed by atoms with Gasteiger partial charge in [-0.05, 0) is 63.0 Å². The third kappa shape index (κ3) is 7.59. The minimum atomic E-state index is -0.911. The summed E-state index contributed by atoms with van der Waals surface area (Å²) in [7, 11) is 0.500. The number of carbonyl (C=O) groups excluding carboxylic acids is 3. The first-order valence-electron chi connectivity index (χ1n) is 15.2. The number of hydrogen-bond acceptors (Lipinski definition) is 8. The number of likely N-dealkylation sites (tertiary alicyclic amines) is 1. The minimum absolute atomic E-state index is 0.130. The summed E-state index contributed by atoms with van der Waals surface area (Å²) in [6, 6.07) is 6.52. The van der Waals surface area contributed by atoms with Gasteiger partial charge >= 0.3 is 12.1 Å². The number of esters is 1. The lowest BCUT2D eigenvalue weighted by Gasteiger charge is -2.35. The number of nitrogens with one attached hydrogen (secondary N) is 1. The Morgan fingerprint density at radius 3 is 2.21 bits per heavy atom. The van der Waals surface area contributed by atoms with Crippen LogP contribution in [-0.4, -0.2) is 76.7 Å². The van der Waals surface area contributed by atoms with Crippen molar-refractivity contribution in [2.24, 2.45) is 10.6 Å². The van der Waals surface area contributed by atoms with Gasteiger partial charge in [-0.3, -0.25) is 9.18 Å². The molecule has 1 aromatic carbocycles. The average molecular weight is 603 g/mol. The lowest BCUT2D eigenvalue weighted by atomic mass is 9.85. The van der Waals surface area contributed by atoms with Gasteiger partial charge in [0.1, 0.15) is 29.6 Å². The van der Waals surface area contributed by atoms with E-state index >= 15 is 0 Å². The van der Waals surface area contributed by atoms with Gasteiger partial charge in [-0.2, -0.15) is 0 Å². The molecule has 1 saturated heterocycles. The molecular formula is C32H47FN4O6. The molecule has 1 N–H and O–H groups in total. The van der Waals surface area contributed by atoms with Gasteiger partial charge in [-0.1, -0.05) is 50.2 Å². The first kappa shape index (κ1) is 32.5. The molecule has 2 amide bonds. The second-order valence-corrected chi connectivity index (χ2v) is 14.1. The number of fused-ring (bicyclic) bond motifs is 1. The van der Waals surface area contributed by atoms with Crippen molar-refractivity contribution in [2.45, 2.75) is 123 Å². The number of alkyl carbamates (subject to hydrolysis) is 1. The molecule has 1 spiro atoms. The van der Waals surface area contributed by atoms with Gasteiger partial charge in [0.25, 0.3) is 0 Å². The van der Waals surface area contributed by atoms with Crippen LogP contribution >= 0.6 is 0 Å². The molecule has 2 fully saturated rings. The third-order valence-electron chi connectivity index (χ3n) is 8.34. The van der Waals surface area contributed by atoms with Crippen molar-refractivity contribution < 1.29 is 33.1 Å². The molecule has 0 bridgehead atoms. The molecule has 10 nitrogen and oxygen atoms in total. The lowest BCUT2D eigenvalue weighted by Crippen LogP contribution is -2.57. The van der Waals surface area contributed by atoms with Crippen LogP contribution in [0.15, 0.2) is 29.4 Å². The fourth-order valence-electron chi connectivity index (χ4n) is 6.27. The zero-order chi connectivity index (χ0) is 31.6. The first-order valence-corrected chi connectivity index (χ1v) is 15.2. The normalized spacial score (nSPS) is 24.1. The molecule has 5 rings (SSSR count). The number of hydrogen-bond donors (Lipinski definition) is 1. The summed E-state index contributed by atoms with van der Waals surface area (Å²) in [5.41, 5.74) is 0.297. The summed E-state index contributed by atoms with van der Waals surface area (Å²) in [6.45, 7) is 12.7. The van der Waals surface area contributed by atoms with E-state index in [0.717, 1.165) is 44.6 Å². The second-order valence-electron chi connectivity index (χ2n) is 14.1. The van der Waals surface area contributed by atoms with Crippen LogP contribution in [0, 0.1) is 5.41 Å². The smallest absolute Gasteiger partial charge is 0.408 e. The highest BCUT2D eigenvalue weighted by Crippen LogP contribution is 2.41. The van der Waals surface area contributed by atoms with Crippen LogP contribution in [0.1, 0.15) is 91.2 Å². The molecule has 3 aliphatic heterocycles. The summed E-state index contributed by atoms with van der Waals surface area (Å²) >= 11 is 0. The number of rotatable bonds is 4. The van der Waals surface area contributed by atoms with E-state index in [9.17, 15) is 18.8 Å². The van der Waals surface area contributed by atoms with E-state index in [1.54, 1.807) is 20.8 Å². The van der Waals surface area contributed by atoms with Crippen molar-refractivity contribution in [3.63, 3.8) is 0 Å². The van der Waals surface area contributed by atoms with E-state index in [2.05, 4.69) is 27.5 Å². The minimum Gasteiger partial charge on any atom is -0.458 e. The average Bonchev–Trinajstić information content (AvgIpc) is 3.73. The van der Waals surface area contributed by atoms with Crippen LogP contribution in [0.2, 0.25) is 0 Å². The Morgan fingerprint density at radius 2 is 1.65 bits per heavy atom. The topological polar surface area (TPSA) is 110 Å². The lowest BCUT2D eigenvalue weighted by molar-refractivity contribution is -0.164. The highest BCUT2D eigenvalue weighted by molar-refractivity contribution is 5.92. The summed E-state index contributed by atoms with van der Waals surface area (Å²) in [5, 5.41) is 7.29. The molecule has 43 heavy (non-hydrogen) atoms. The number of oxime groups is 1. The van der Waals surface area contributed by atoms with Crippen molar-refractivity contribution in [3.05, 3.63) is 35.4 Å². The number of carbonyl (C=O) groups is 3. The zero-order valence-electron chi connectivity index (χ0n) is 26.6. The summed E-state index contributed by atoms with van der Waals surface area (Å²) in [5.74, 6) is -0.0437. The van der Waals surface area contributed by atoms with E-state index in [4.69, 9.17) is 14.3 Å². The number of amides is 2. The van der Waals surface area contributed by atoms with E-state index in [1.165, 1.54) is 16.0 Å². The van der Waals surface area contributed by atoms with Crippen LogP contribution in [0.25, 0.3) is 0 Å². The van der Waals surface area contributed by atoms with Crippen LogP contribution in [0.5, 0.6) is 0 Å². The second kappa shape index (κ2) is 12.7. The van der Waals surface area contributed by atoms with E-state index in [1.807, 2.05) is 32.9 Å². The maximum Gasteiger partial charge on any atom is 0.408 e. The third-order valence-corrected chi connectivity index (χ3v) is 8.34. The Labute approximate surface area is 254 Å². The SMILES string of the molecule is CC(C)(C)OC(=O)[C@@H]1C[C@]2(CC(N3Cc4ccccc4C3)=NO2)CN1C(=O)[C@@H](NC(=O)OC1CCCC1)C(C)(C)C.CF. The van der Waals surface area contributed by atoms with E-state index < -0.39 is 40.8 Å². The van der Waals surface area contributed by atoms with Crippen LogP contribution in [-0.2, 0) is 37.0 Å². The molecule has 1 saturated carbocycles. The standard InChI is InChI=1S/C31H44N4O6.CH3F/c1-29(2,3)25(32-28(38)39-22-13-9-10-14-22)26(36)35-19-31(15-23(35)27(37)40-30(4,5)6)16-24(33-41-31)34-17-20-11-7-8-12-21(20)18-34;1-2/h7-8,11-12,22-23,25H,9-10,13-19H2,1-6H3,(H,32,38);1H3/t23-,25+,31-;/m0./s1. The zero-order valence-corrected chi connectivity index (χ0v) is 26.6. The number of ether oxygens (including phenoxy) is 2. The van der Waals surface area contributed by atoms with Gasteiger partial charge in [-0.25, -0.2) is 9.59 Å². The Hall–Kier alpha value is -3.37. The van der Waals surface area contributed by atoms with Crippen molar-refractivity contribution in [1.29, 1.82) is 0 Å². The fraction of sp³-hybridized carbons (Fsp3) is 0.688. The van der Waals surface area contributed by atoms with Crippen molar-refractivity contribution >= 4 is 23.8 Å². The predicted molar refractivity (Wildman–Crippen MR) is 160 cm³/mol. The van der Waals surface area contributed by atoms with Crippen LogP contribution in [0.3, 0.4) is 0 Å². The molecule has 0 radical (unpaired) electrons. The highest BCUT2D eigenvalue weighted by atomic mass is 19.1. The first-order chi connectivity index (χ1) is 20.2. The Balaban J connectivity index is 0.00000207. The van der Waals surface area contributed by atoms with E-state index in [-0.39, 0.29) is 25.0 Å². The number of alkyl halides is 1. The molecule has 1 aromatic rings. The van der Waals surface area contributed by atoms with Crippen molar-refractivity contribution in [3.8, 4) is 0 Å². The summed E-state index contributed by atoms with van der Waals surface area (Å²) in [4.78, 5) is 50.4. The fourth-order valence-corrected chi connectivity index (χ4v) is 6.27. The molecule has 3 atom stereocenters. The predicted octanol–water partition coefficient (Wildman–Crippen LogP) is 5.09. The summed E-state index contributed by atoms with van der Waals surface area (Å²) < 4.78 is 20.9. The number of amidine groups is 1. The number of benzene rings is 1. The summed E-state index contributed by atoms with van der Waals surface area (Å²) in [6.07, 6.45) is 3.71. The highest BCUT2D eigenvalue weighted by Gasteiger charge is 2.57. The van der Waals surface area contributed by atoms with Crippen LogP contribution in [0.4, 0.5) is 9.18 Å². The van der Waals surface area contributed by atoms with Gasteiger partial charge in [0.15, 0.2) is 5.60 Å².